The molecule has 12 heteroatoms. The van der Waals surface area contributed by atoms with E-state index in [4.69, 9.17) is 14.7 Å². The summed E-state index contributed by atoms with van der Waals surface area (Å²) in [5.41, 5.74) is 2.43. The van der Waals surface area contributed by atoms with Crippen LogP contribution >= 0.6 is 0 Å². The van der Waals surface area contributed by atoms with Crippen molar-refractivity contribution in [1.29, 1.82) is 0 Å². The maximum Gasteiger partial charge on any atom is 0.323 e. The number of ether oxygens (including phenoxy) is 1. The summed E-state index contributed by atoms with van der Waals surface area (Å²) < 4.78 is 32.6. The molecule has 2 fully saturated rings. The number of aromatic nitrogens is 4. The summed E-state index contributed by atoms with van der Waals surface area (Å²) >= 11 is 0. The molecule has 3 aromatic rings. The summed E-state index contributed by atoms with van der Waals surface area (Å²) in [6.45, 7) is 9.10. The zero-order valence-electron chi connectivity index (χ0n) is 22.9. The van der Waals surface area contributed by atoms with Gasteiger partial charge in [-0.05, 0) is 64.8 Å². The smallest absolute Gasteiger partial charge is 0.323 e. The van der Waals surface area contributed by atoms with E-state index in [-0.39, 0.29) is 12.1 Å². The SMILES string of the molecule is C[C@H]1COCCN1c1cc(C2(S(=O)(=O)C(C)(C)C)CC2)nc(-c2ccc(NC(=O)Nc3cnn(C)c3)cc2)n1. The Morgan fingerprint density at radius 2 is 1.79 bits per heavy atom. The molecule has 0 spiro atoms. The van der Waals surface area contributed by atoms with Crippen molar-refractivity contribution in [2.24, 2.45) is 7.05 Å². The van der Waals surface area contributed by atoms with Gasteiger partial charge in [0.2, 0.25) is 0 Å². The van der Waals surface area contributed by atoms with Gasteiger partial charge < -0.3 is 20.3 Å². The number of aryl methyl sites for hydroxylation is 1. The van der Waals surface area contributed by atoms with E-state index < -0.39 is 19.3 Å². The number of amides is 2. The Bertz CT molecular complexity index is 1470. The molecule has 1 aromatic carbocycles. The van der Waals surface area contributed by atoms with Gasteiger partial charge in [-0.3, -0.25) is 4.68 Å². The summed E-state index contributed by atoms with van der Waals surface area (Å²) in [5, 5.41) is 9.57. The van der Waals surface area contributed by atoms with Crippen molar-refractivity contribution < 1.29 is 17.9 Å². The summed E-state index contributed by atoms with van der Waals surface area (Å²) in [5.74, 6) is 1.14. The van der Waals surface area contributed by atoms with E-state index in [1.807, 2.05) is 18.2 Å². The molecule has 1 saturated carbocycles. The highest BCUT2D eigenvalue weighted by atomic mass is 32.2. The molecule has 0 unspecified atom stereocenters. The van der Waals surface area contributed by atoms with Crippen LogP contribution in [0.2, 0.25) is 0 Å². The van der Waals surface area contributed by atoms with Gasteiger partial charge in [0, 0.05) is 37.1 Å². The molecule has 39 heavy (non-hydrogen) atoms. The molecule has 0 bridgehead atoms. The van der Waals surface area contributed by atoms with Crippen LogP contribution in [-0.2, 0) is 26.4 Å². The average molecular weight is 554 g/mol. The highest BCUT2D eigenvalue weighted by Crippen LogP contribution is 2.56. The van der Waals surface area contributed by atoms with Gasteiger partial charge in [-0.1, -0.05) is 0 Å². The lowest BCUT2D eigenvalue weighted by Crippen LogP contribution is -2.44. The lowest BCUT2D eigenvalue weighted by atomic mass is 10.1. The number of carbonyl (C=O) groups is 1. The fourth-order valence-electron chi connectivity index (χ4n) is 4.86. The van der Waals surface area contributed by atoms with Crippen molar-refractivity contribution >= 4 is 33.1 Å². The van der Waals surface area contributed by atoms with Crippen LogP contribution in [0.1, 0.15) is 46.2 Å². The van der Waals surface area contributed by atoms with Gasteiger partial charge in [0.15, 0.2) is 15.7 Å². The molecule has 1 aliphatic carbocycles. The van der Waals surface area contributed by atoms with Crippen LogP contribution in [-0.4, -0.2) is 64.7 Å². The number of nitrogens with one attached hydrogen (secondary N) is 2. The molecular formula is C27H35N7O4S. The molecule has 1 aliphatic heterocycles. The Kier molecular flexibility index (Phi) is 6.88. The van der Waals surface area contributed by atoms with Crippen LogP contribution in [0.5, 0.6) is 0 Å². The second-order valence-corrected chi connectivity index (χ2v) is 14.2. The van der Waals surface area contributed by atoms with E-state index >= 15 is 0 Å². The van der Waals surface area contributed by atoms with Gasteiger partial charge in [-0.2, -0.15) is 5.10 Å². The van der Waals surface area contributed by atoms with Crippen molar-refractivity contribution in [3.63, 3.8) is 0 Å². The number of nitrogens with zero attached hydrogens (tertiary/aromatic N) is 5. The number of rotatable bonds is 6. The Hall–Kier alpha value is -3.51. The highest BCUT2D eigenvalue weighted by Gasteiger charge is 2.61. The minimum Gasteiger partial charge on any atom is -0.377 e. The molecule has 2 N–H and O–H groups in total. The predicted molar refractivity (Wildman–Crippen MR) is 151 cm³/mol. The molecular weight excluding hydrogens is 518 g/mol. The van der Waals surface area contributed by atoms with E-state index in [1.165, 1.54) is 0 Å². The minimum absolute atomic E-state index is 0.0913. The summed E-state index contributed by atoms with van der Waals surface area (Å²) in [4.78, 5) is 24.2. The summed E-state index contributed by atoms with van der Waals surface area (Å²) in [6.07, 6.45) is 4.34. The van der Waals surface area contributed by atoms with Crippen molar-refractivity contribution in [2.45, 2.75) is 56.1 Å². The van der Waals surface area contributed by atoms with E-state index in [0.29, 0.717) is 61.3 Å². The first kappa shape index (κ1) is 27.1. The summed E-state index contributed by atoms with van der Waals surface area (Å²) in [7, 11) is -1.74. The second-order valence-electron chi connectivity index (χ2n) is 11.2. The van der Waals surface area contributed by atoms with Gasteiger partial charge in [-0.15, -0.1) is 0 Å². The third-order valence-electron chi connectivity index (χ3n) is 7.23. The van der Waals surface area contributed by atoms with Gasteiger partial charge in [-0.25, -0.2) is 23.2 Å². The number of urea groups is 1. The molecule has 208 valence electrons. The number of hydrogen-bond acceptors (Lipinski definition) is 8. The van der Waals surface area contributed by atoms with Crippen LogP contribution in [0.15, 0.2) is 42.7 Å². The van der Waals surface area contributed by atoms with Crippen LogP contribution in [0.3, 0.4) is 0 Å². The highest BCUT2D eigenvalue weighted by molar-refractivity contribution is 7.94. The monoisotopic (exact) mass is 553 g/mol. The second kappa shape index (κ2) is 9.91. The molecule has 0 radical (unpaired) electrons. The lowest BCUT2D eigenvalue weighted by Gasteiger charge is -2.35. The van der Waals surface area contributed by atoms with Gasteiger partial charge >= 0.3 is 6.03 Å². The van der Waals surface area contributed by atoms with E-state index in [0.717, 1.165) is 5.56 Å². The largest absolute Gasteiger partial charge is 0.377 e. The Balaban J connectivity index is 1.47. The maximum absolute atomic E-state index is 13.7. The zero-order valence-corrected chi connectivity index (χ0v) is 23.7. The van der Waals surface area contributed by atoms with Crippen LogP contribution in [0.4, 0.5) is 22.0 Å². The topological polar surface area (TPSA) is 131 Å². The number of carbonyl (C=O) groups excluding carboxylic acids is 1. The molecule has 2 aliphatic rings. The molecule has 2 aromatic heterocycles. The zero-order chi connectivity index (χ0) is 28.0. The van der Waals surface area contributed by atoms with Crippen LogP contribution < -0.4 is 15.5 Å². The number of sulfone groups is 1. The number of anilines is 3. The van der Waals surface area contributed by atoms with E-state index in [1.54, 1.807) is 57.0 Å². The molecule has 5 rings (SSSR count). The first-order chi connectivity index (χ1) is 18.4. The Morgan fingerprint density at radius 1 is 1.10 bits per heavy atom. The van der Waals surface area contributed by atoms with E-state index in [2.05, 4.69) is 27.6 Å². The fourth-order valence-corrected chi connectivity index (χ4v) is 7.05. The van der Waals surface area contributed by atoms with Crippen molar-refractivity contribution in [1.82, 2.24) is 19.7 Å². The molecule has 11 nitrogen and oxygen atoms in total. The van der Waals surface area contributed by atoms with Crippen molar-refractivity contribution in [2.75, 3.05) is 35.3 Å². The first-order valence-electron chi connectivity index (χ1n) is 13.0. The predicted octanol–water partition coefficient (Wildman–Crippen LogP) is 3.95. The average Bonchev–Trinajstić information content (AvgIpc) is 3.61. The summed E-state index contributed by atoms with van der Waals surface area (Å²) in [6, 6.07) is 8.73. The lowest BCUT2D eigenvalue weighted by molar-refractivity contribution is 0.0985. The molecule has 1 atom stereocenters. The third kappa shape index (κ3) is 5.22. The number of morpholine rings is 1. The molecule has 2 amide bonds. The van der Waals surface area contributed by atoms with E-state index in [9.17, 15) is 13.2 Å². The van der Waals surface area contributed by atoms with Crippen LogP contribution in [0, 0.1) is 0 Å². The normalized spacial score (nSPS) is 19.0. The Labute approximate surface area is 228 Å². The standard InChI is InChI=1S/C27H35N7O4S/c1-18-17-38-13-12-34(18)23-14-22(27(10-11-27)39(36,37)26(2,3)4)31-24(32-23)19-6-8-20(9-7-19)29-25(35)30-21-15-28-33(5)16-21/h6-9,14-16,18H,10-13,17H2,1-5H3,(H2,29,30,35)/t18-/m0/s1. The molecule has 1 saturated heterocycles. The van der Waals surface area contributed by atoms with Crippen molar-refractivity contribution in [3.05, 3.63) is 48.4 Å². The fraction of sp³-hybridized carbons (Fsp3) is 0.481. The maximum atomic E-state index is 13.7. The first-order valence-corrected chi connectivity index (χ1v) is 14.5. The quantitative estimate of drug-likeness (QED) is 0.469. The van der Waals surface area contributed by atoms with Gasteiger partial charge in [0.25, 0.3) is 0 Å². The molecule has 3 heterocycles. The third-order valence-corrected chi connectivity index (χ3v) is 10.5. The number of benzene rings is 1. The van der Waals surface area contributed by atoms with Crippen molar-refractivity contribution in [3.8, 4) is 11.4 Å². The number of hydrogen-bond donors (Lipinski definition) is 2. The minimum atomic E-state index is -3.52. The Morgan fingerprint density at radius 3 is 2.38 bits per heavy atom. The van der Waals surface area contributed by atoms with Gasteiger partial charge in [0.1, 0.15) is 10.6 Å². The van der Waals surface area contributed by atoms with Crippen LogP contribution in [0.25, 0.3) is 11.4 Å². The van der Waals surface area contributed by atoms with Gasteiger partial charge in [0.05, 0.1) is 41.6 Å².